The lowest BCUT2D eigenvalue weighted by Crippen LogP contribution is -2.09. The number of carbonyl (C=O) groups is 2. The van der Waals surface area contributed by atoms with E-state index < -0.39 is 0 Å². The van der Waals surface area contributed by atoms with Crippen molar-refractivity contribution in [3.8, 4) is 11.1 Å². The third-order valence-electron chi connectivity index (χ3n) is 8.50. The summed E-state index contributed by atoms with van der Waals surface area (Å²) in [6.07, 6.45) is 2.11. The van der Waals surface area contributed by atoms with Gasteiger partial charge in [-0.25, -0.2) is 9.59 Å². The largest absolute Gasteiger partial charge is 0.465 e. The fourth-order valence-electron chi connectivity index (χ4n) is 5.72. The molecular weight excluding hydrogens is 606 g/mol. The minimum atomic E-state index is -0.388. The van der Waals surface area contributed by atoms with Crippen LogP contribution in [0.4, 0.5) is 17.1 Å². The predicted molar refractivity (Wildman–Crippen MR) is 199 cm³/mol. The lowest BCUT2D eigenvalue weighted by atomic mass is 9.93. The molecule has 6 aromatic rings. The molecule has 6 rings (SSSR count). The minimum Gasteiger partial charge on any atom is -0.465 e. The van der Waals surface area contributed by atoms with E-state index in [9.17, 15) is 9.59 Å². The molecule has 0 aromatic heterocycles. The molecular formula is C44H37NO4. The van der Waals surface area contributed by atoms with Crippen LogP contribution in [0.3, 0.4) is 0 Å². The van der Waals surface area contributed by atoms with Gasteiger partial charge in [0.25, 0.3) is 0 Å². The number of nitrogens with zero attached hydrogens (tertiary/aromatic N) is 1. The molecule has 5 heteroatoms. The average molecular weight is 644 g/mol. The Morgan fingerprint density at radius 3 is 1.14 bits per heavy atom. The molecule has 49 heavy (non-hydrogen) atoms. The number of methoxy groups -OCH3 is 2. The van der Waals surface area contributed by atoms with Gasteiger partial charge in [0.05, 0.1) is 25.3 Å². The van der Waals surface area contributed by atoms with E-state index in [-0.39, 0.29) is 11.9 Å². The number of esters is 2. The van der Waals surface area contributed by atoms with E-state index in [1.165, 1.54) is 25.3 Å². The van der Waals surface area contributed by atoms with Crippen molar-refractivity contribution in [2.45, 2.75) is 13.8 Å². The van der Waals surface area contributed by atoms with Crippen LogP contribution in [0.2, 0.25) is 0 Å². The summed E-state index contributed by atoms with van der Waals surface area (Å²) in [4.78, 5) is 26.4. The second-order valence-corrected chi connectivity index (χ2v) is 11.9. The molecule has 6 aromatic carbocycles. The van der Waals surface area contributed by atoms with Crippen molar-refractivity contribution in [3.05, 3.63) is 185 Å². The first kappa shape index (κ1) is 32.7. The fourth-order valence-corrected chi connectivity index (χ4v) is 5.72. The molecule has 0 atom stereocenters. The van der Waals surface area contributed by atoms with Crippen LogP contribution in [0.5, 0.6) is 0 Å². The highest BCUT2D eigenvalue weighted by atomic mass is 16.5. The Kier molecular flexibility index (Phi) is 9.82. The Balaban J connectivity index is 1.30. The highest BCUT2D eigenvalue weighted by Crippen LogP contribution is 2.36. The number of rotatable bonds is 9. The molecule has 0 N–H and O–H groups in total. The summed E-state index contributed by atoms with van der Waals surface area (Å²) < 4.78 is 9.75. The molecule has 5 nitrogen and oxygen atoms in total. The standard InChI is InChI=1S/C44H37NO4/c1-30-5-23-39(24-6-30)45(40-25-7-31(2)8-26-40)41-27-21-34(22-28-41)33-11-9-32(10-12-33)29-42(35-13-17-37(18-14-35)43(46)48-3)36-15-19-38(20-16-36)44(47)49-4/h5-29H,1-4H3. The molecule has 0 fully saturated rings. The summed E-state index contributed by atoms with van der Waals surface area (Å²) in [5, 5.41) is 0. The van der Waals surface area contributed by atoms with Gasteiger partial charge in [0.1, 0.15) is 0 Å². The molecule has 0 aliphatic heterocycles. The predicted octanol–water partition coefficient (Wildman–Crippen LogP) is 10.6. The molecule has 0 spiro atoms. The first-order chi connectivity index (χ1) is 23.8. The summed E-state index contributed by atoms with van der Waals surface area (Å²) >= 11 is 0. The Morgan fingerprint density at radius 1 is 0.449 bits per heavy atom. The van der Waals surface area contributed by atoms with E-state index >= 15 is 0 Å². The van der Waals surface area contributed by atoms with Crippen molar-refractivity contribution < 1.29 is 19.1 Å². The zero-order chi connectivity index (χ0) is 34.3. The van der Waals surface area contributed by atoms with E-state index in [2.05, 4.69) is 122 Å². The van der Waals surface area contributed by atoms with Crippen molar-refractivity contribution >= 4 is 40.6 Å². The number of aryl methyl sites for hydroxylation is 2. The molecule has 0 heterocycles. The summed E-state index contributed by atoms with van der Waals surface area (Å²) in [7, 11) is 2.74. The molecule has 0 bridgehead atoms. The third-order valence-corrected chi connectivity index (χ3v) is 8.50. The van der Waals surface area contributed by atoms with Crippen molar-refractivity contribution in [3.63, 3.8) is 0 Å². The first-order valence-electron chi connectivity index (χ1n) is 16.1. The SMILES string of the molecule is COC(=O)c1ccc(C(=Cc2ccc(-c3ccc(N(c4ccc(C)cc4)c4ccc(C)cc4)cc3)cc2)c2ccc(C(=O)OC)cc2)cc1. The molecule has 242 valence electrons. The number of benzene rings is 6. The lowest BCUT2D eigenvalue weighted by Gasteiger charge is -2.26. The fraction of sp³-hybridized carbons (Fsp3) is 0.0909. The van der Waals surface area contributed by atoms with Crippen LogP contribution in [0.15, 0.2) is 146 Å². The van der Waals surface area contributed by atoms with Crippen molar-refractivity contribution in [1.82, 2.24) is 0 Å². The van der Waals surface area contributed by atoms with Crippen LogP contribution in [0, 0.1) is 13.8 Å². The van der Waals surface area contributed by atoms with Gasteiger partial charge in [0, 0.05) is 17.1 Å². The molecule has 0 amide bonds. The Bertz CT molecular complexity index is 1970. The van der Waals surface area contributed by atoms with Gasteiger partial charge in [-0.3, -0.25) is 0 Å². The third kappa shape index (κ3) is 7.53. The van der Waals surface area contributed by atoms with E-state index in [0.717, 1.165) is 50.5 Å². The van der Waals surface area contributed by atoms with Crippen LogP contribution >= 0.6 is 0 Å². The van der Waals surface area contributed by atoms with Gasteiger partial charge in [0.15, 0.2) is 0 Å². The molecule has 0 radical (unpaired) electrons. The number of carbonyl (C=O) groups excluding carboxylic acids is 2. The van der Waals surface area contributed by atoms with Crippen LogP contribution < -0.4 is 4.90 Å². The Hall–Kier alpha value is -6.20. The van der Waals surface area contributed by atoms with E-state index in [1.807, 2.05) is 24.3 Å². The Morgan fingerprint density at radius 2 is 0.776 bits per heavy atom. The number of hydrogen-bond donors (Lipinski definition) is 0. The average Bonchev–Trinajstić information content (AvgIpc) is 3.15. The zero-order valence-electron chi connectivity index (χ0n) is 28.0. The van der Waals surface area contributed by atoms with Crippen LogP contribution in [0.25, 0.3) is 22.8 Å². The highest BCUT2D eigenvalue weighted by molar-refractivity contribution is 5.95. The van der Waals surface area contributed by atoms with Gasteiger partial charge < -0.3 is 14.4 Å². The lowest BCUT2D eigenvalue weighted by molar-refractivity contribution is 0.0592. The molecule has 0 aliphatic carbocycles. The van der Waals surface area contributed by atoms with Crippen LogP contribution in [0.1, 0.15) is 48.5 Å². The van der Waals surface area contributed by atoms with Crippen LogP contribution in [-0.4, -0.2) is 26.2 Å². The summed E-state index contributed by atoms with van der Waals surface area (Å²) in [5.74, 6) is -0.776. The van der Waals surface area contributed by atoms with E-state index in [4.69, 9.17) is 9.47 Å². The molecule has 0 saturated carbocycles. The van der Waals surface area contributed by atoms with Gasteiger partial charge in [-0.05, 0) is 114 Å². The molecule has 0 aliphatic rings. The van der Waals surface area contributed by atoms with Gasteiger partial charge in [-0.1, -0.05) is 96.1 Å². The topological polar surface area (TPSA) is 55.8 Å². The minimum absolute atomic E-state index is 0.388. The van der Waals surface area contributed by atoms with Crippen LogP contribution in [-0.2, 0) is 9.47 Å². The summed E-state index contributed by atoms with van der Waals surface area (Å²) in [5.41, 5.74) is 12.7. The number of ether oxygens (including phenoxy) is 2. The van der Waals surface area contributed by atoms with Gasteiger partial charge in [-0.2, -0.15) is 0 Å². The van der Waals surface area contributed by atoms with Gasteiger partial charge in [-0.15, -0.1) is 0 Å². The summed E-state index contributed by atoms with van der Waals surface area (Å²) in [6.45, 7) is 4.20. The number of hydrogen-bond acceptors (Lipinski definition) is 5. The quantitative estimate of drug-likeness (QED) is 0.116. The van der Waals surface area contributed by atoms with Gasteiger partial charge in [0.2, 0.25) is 0 Å². The maximum absolute atomic E-state index is 12.1. The zero-order valence-corrected chi connectivity index (χ0v) is 28.0. The monoisotopic (exact) mass is 643 g/mol. The number of anilines is 3. The smallest absolute Gasteiger partial charge is 0.337 e. The van der Waals surface area contributed by atoms with Gasteiger partial charge >= 0.3 is 11.9 Å². The van der Waals surface area contributed by atoms with E-state index in [0.29, 0.717) is 11.1 Å². The summed E-state index contributed by atoms with van der Waals surface area (Å²) in [6, 6.07) is 48.9. The normalized spacial score (nSPS) is 10.6. The molecule has 0 saturated heterocycles. The highest BCUT2D eigenvalue weighted by Gasteiger charge is 2.14. The van der Waals surface area contributed by atoms with Crippen molar-refractivity contribution in [1.29, 1.82) is 0 Å². The van der Waals surface area contributed by atoms with Crippen molar-refractivity contribution in [2.75, 3.05) is 19.1 Å². The van der Waals surface area contributed by atoms with E-state index in [1.54, 1.807) is 24.3 Å². The maximum Gasteiger partial charge on any atom is 0.337 e. The maximum atomic E-state index is 12.1. The second kappa shape index (κ2) is 14.7. The second-order valence-electron chi connectivity index (χ2n) is 11.9. The molecule has 0 unspecified atom stereocenters. The van der Waals surface area contributed by atoms with Crippen molar-refractivity contribution in [2.24, 2.45) is 0 Å². The Labute approximate surface area is 287 Å². The first-order valence-corrected chi connectivity index (χ1v) is 16.1.